The fourth-order valence-corrected chi connectivity index (χ4v) is 5.80. The summed E-state index contributed by atoms with van der Waals surface area (Å²) in [5.74, 6) is -0.208. The van der Waals surface area contributed by atoms with E-state index >= 15 is 0 Å². The lowest BCUT2D eigenvalue weighted by Crippen LogP contribution is -2.46. The Morgan fingerprint density at radius 2 is 1.79 bits per heavy atom. The maximum absolute atomic E-state index is 13.2. The highest BCUT2D eigenvalue weighted by Gasteiger charge is 2.35. The van der Waals surface area contributed by atoms with Crippen LogP contribution in [0.4, 0.5) is 10.5 Å². The molecule has 4 rings (SSSR count). The van der Waals surface area contributed by atoms with Crippen LogP contribution in [-0.2, 0) is 21.4 Å². The summed E-state index contributed by atoms with van der Waals surface area (Å²) in [6, 6.07) is 9.35. The van der Waals surface area contributed by atoms with Crippen LogP contribution >= 0.6 is 0 Å². The summed E-state index contributed by atoms with van der Waals surface area (Å²) in [6.07, 6.45) is 6.75. The van der Waals surface area contributed by atoms with Crippen LogP contribution in [0.25, 0.3) is 0 Å². The maximum Gasteiger partial charge on any atom is 0.319 e. The summed E-state index contributed by atoms with van der Waals surface area (Å²) in [4.78, 5) is 30.9. The zero-order chi connectivity index (χ0) is 23.3. The first kappa shape index (κ1) is 23.2. The number of hydrogen-bond acceptors (Lipinski definition) is 5. The summed E-state index contributed by atoms with van der Waals surface area (Å²) < 4.78 is 27.7. The highest BCUT2D eigenvalue weighted by atomic mass is 32.2. The van der Waals surface area contributed by atoms with Crippen molar-refractivity contribution in [2.24, 2.45) is 5.92 Å². The molecule has 0 radical (unpaired) electrons. The van der Waals surface area contributed by atoms with Crippen molar-refractivity contribution >= 4 is 27.6 Å². The quantitative estimate of drug-likeness (QED) is 0.672. The van der Waals surface area contributed by atoms with E-state index < -0.39 is 16.1 Å². The fourth-order valence-electron chi connectivity index (χ4n) is 4.28. The van der Waals surface area contributed by atoms with Crippen LogP contribution in [0.1, 0.15) is 31.2 Å². The monoisotopic (exact) mass is 471 g/mol. The third-order valence-corrected chi connectivity index (χ3v) is 7.96. The van der Waals surface area contributed by atoms with E-state index in [1.807, 2.05) is 11.0 Å². The Kier molecular flexibility index (Phi) is 7.24. The highest BCUT2D eigenvalue weighted by molar-refractivity contribution is 7.89. The number of aromatic nitrogens is 1. The number of likely N-dealkylation sites (tertiary alicyclic amines) is 1. The average molecular weight is 472 g/mol. The van der Waals surface area contributed by atoms with Gasteiger partial charge in [-0.1, -0.05) is 6.07 Å². The van der Waals surface area contributed by atoms with Crippen LogP contribution in [0, 0.1) is 5.92 Å². The predicted molar refractivity (Wildman–Crippen MR) is 124 cm³/mol. The van der Waals surface area contributed by atoms with Crippen molar-refractivity contribution in [3.05, 3.63) is 54.4 Å². The molecule has 2 aromatic rings. The molecule has 2 N–H and O–H groups in total. The molecule has 2 saturated heterocycles. The van der Waals surface area contributed by atoms with Crippen molar-refractivity contribution in [3.63, 3.8) is 0 Å². The Bertz CT molecular complexity index is 1070. The van der Waals surface area contributed by atoms with Gasteiger partial charge in [-0.05, 0) is 61.6 Å². The number of anilines is 1. The second-order valence-electron chi connectivity index (χ2n) is 8.43. The average Bonchev–Trinajstić information content (AvgIpc) is 3.38. The molecule has 1 aromatic carbocycles. The van der Waals surface area contributed by atoms with Gasteiger partial charge in [0.1, 0.15) is 0 Å². The third kappa shape index (κ3) is 5.69. The zero-order valence-corrected chi connectivity index (χ0v) is 19.3. The number of nitrogens with zero attached hydrogens (tertiary/aromatic N) is 3. The van der Waals surface area contributed by atoms with Gasteiger partial charge in [-0.15, -0.1) is 0 Å². The molecule has 2 aliphatic rings. The lowest BCUT2D eigenvalue weighted by molar-refractivity contribution is -0.135. The Morgan fingerprint density at radius 3 is 2.48 bits per heavy atom. The molecule has 0 spiro atoms. The largest absolute Gasteiger partial charge is 0.342 e. The molecule has 3 heterocycles. The Labute approximate surface area is 194 Å². The summed E-state index contributed by atoms with van der Waals surface area (Å²) in [7, 11) is -3.72. The minimum absolute atomic E-state index is 0.0734. The van der Waals surface area contributed by atoms with Crippen molar-refractivity contribution in [2.45, 2.75) is 37.1 Å². The van der Waals surface area contributed by atoms with Gasteiger partial charge in [0.05, 0.1) is 10.8 Å². The van der Waals surface area contributed by atoms with Gasteiger partial charge < -0.3 is 15.5 Å². The van der Waals surface area contributed by atoms with Crippen LogP contribution in [-0.4, -0.2) is 60.7 Å². The molecular formula is C23H29N5O4S. The molecule has 1 aromatic heterocycles. The van der Waals surface area contributed by atoms with Gasteiger partial charge >= 0.3 is 6.03 Å². The normalized spacial score (nSPS) is 19.3. The van der Waals surface area contributed by atoms with E-state index in [2.05, 4.69) is 15.6 Å². The van der Waals surface area contributed by atoms with Crippen LogP contribution < -0.4 is 10.6 Å². The molecule has 33 heavy (non-hydrogen) atoms. The number of sulfonamides is 1. The Morgan fingerprint density at radius 1 is 1.03 bits per heavy atom. The van der Waals surface area contributed by atoms with E-state index in [1.54, 1.807) is 30.6 Å². The third-order valence-electron chi connectivity index (χ3n) is 6.08. The molecule has 0 aliphatic carbocycles. The number of urea groups is 1. The Hall–Kier alpha value is -2.98. The van der Waals surface area contributed by atoms with Gasteiger partial charge in [0, 0.05) is 50.8 Å². The van der Waals surface area contributed by atoms with Crippen molar-refractivity contribution in [2.75, 3.05) is 31.5 Å². The minimum atomic E-state index is -3.72. The number of piperidine rings is 1. The number of nitrogens with one attached hydrogen (secondary N) is 2. The first-order valence-corrected chi connectivity index (χ1v) is 12.7. The number of carbonyl (C=O) groups is 2. The van der Waals surface area contributed by atoms with Crippen LogP contribution in [0.3, 0.4) is 0 Å². The van der Waals surface area contributed by atoms with Crippen LogP contribution in [0.5, 0.6) is 0 Å². The summed E-state index contributed by atoms with van der Waals surface area (Å²) in [5, 5.41) is 5.42. The van der Waals surface area contributed by atoms with E-state index in [-0.39, 0.29) is 23.3 Å². The molecule has 9 nitrogen and oxygen atoms in total. The molecule has 0 unspecified atom stereocenters. The molecule has 3 amide bonds. The first-order valence-electron chi connectivity index (χ1n) is 11.3. The van der Waals surface area contributed by atoms with Crippen molar-refractivity contribution < 1.29 is 18.0 Å². The molecule has 176 valence electrons. The SMILES string of the molecule is O=C(NCc1cccnc1)Nc1ccc(S(=O)(=O)N2CCC[C@H](C(=O)N3CCCC3)C2)cc1. The van der Waals surface area contributed by atoms with Gasteiger partial charge in [-0.25, -0.2) is 13.2 Å². The summed E-state index contributed by atoms with van der Waals surface area (Å²) in [6.45, 7) is 2.49. The van der Waals surface area contributed by atoms with Gasteiger partial charge in [-0.3, -0.25) is 9.78 Å². The maximum atomic E-state index is 13.2. The summed E-state index contributed by atoms with van der Waals surface area (Å²) >= 11 is 0. The second kappa shape index (κ2) is 10.3. The number of benzene rings is 1. The van der Waals surface area contributed by atoms with Gasteiger partial charge in [0.2, 0.25) is 15.9 Å². The number of hydrogen-bond donors (Lipinski definition) is 2. The molecular weight excluding hydrogens is 442 g/mol. The van der Waals surface area contributed by atoms with Crippen molar-refractivity contribution in [3.8, 4) is 0 Å². The van der Waals surface area contributed by atoms with Crippen molar-refractivity contribution in [1.29, 1.82) is 0 Å². The fraction of sp³-hybridized carbons (Fsp3) is 0.435. The van der Waals surface area contributed by atoms with Crippen LogP contribution in [0.15, 0.2) is 53.7 Å². The summed E-state index contributed by atoms with van der Waals surface area (Å²) in [5.41, 5.74) is 1.36. The van der Waals surface area contributed by atoms with E-state index in [1.165, 1.54) is 16.4 Å². The number of rotatable bonds is 6. The molecule has 0 bridgehead atoms. The number of carbonyl (C=O) groups excluding carboxylic acids is 2. The lowest BCUT2D eigenvalue weighted by Gasteiger charge is -2.33. The van der Waals surface area contributed by atoms with E-state index in [9.17, 15) is 18.0 Å². The van der Waals surface area contributed by atoms with Gasteiger partial charge in [-0.2, -0.15) is 4.31 Å². The highest BCUT2D eigenvalue weighted by Crippen LogP contribution is 2.26. The zero-order valence-electron chi connectivity index (χ0n) is 18.4. The van der Waals surface area contributed by atoms with E-state index in [0.29, 0.717) is 25.2 Å². The van der Waals surface area contributed by atoms with E-state index in [0.717, 1.165) is 37.9 Å². The topological polar surface area (TPSA) is 112 Å². The molecule has 1 atom stereocenters. The van der Waals surface area contributed by atoms with Crippen molar-refractivity contribution in [1.82, 2.24) is 19.5 Å². The standard InChI is InChI=1S/C23H29N5O4S/c29-22(27-12-1-2-13-27)19-6-4-14-28(17-19)33(31,32)21-9-7-20(8-10-21)26-23(30)25-16-18-5-3-11-24-15-18/h3,5,7-11,15,19H,1-2,4,6,12-14,16-17H2,(H2,25,26,30)/t19-/m0/s1. The molecule has 2 aliphatic heterocycles. The number of pyridine rings is 1. The molecule has 10 heteroatoms. The molecule has 0 saturated carbocycles. The first-order chi connectivity index (χ1) is 15.9. The van der Waals surface area contributed by atoms with E-state index in [4.69, 9.17) is 0 Å². The smallest absolute Gasteiger partial charge is 0.319 e. The lowest BCUT2D eigenvalue weighted by atomic mass is 9.98. The number of amides is 3. The minimum Gasteiger partial charge on any atom is -0.342 e. The Balaban J connectivity index is 1.35. The second-order valence-corrected chi connectivity index (χ2v) is 10.4. The van der Waals surface area contributed by atoms with Gasteiger partial charge in [0.15, 0.2) is 0 Å². The van der Waals surface area contributed by atoms with Gasteiger partial charge in [0.25, 0.3) is 0 Å². The predicted octanol–water partition coefficient (Wildman–Crippen LogP) is 2.43. The molecule has 2 fully saturated rings. The van der Waals surface area contributed by atoms with Crippen LogP contribution in [0.2, 0.25) is 0 Å².